The Kier molecular flexibility index (Phi) is 7.64. The number of nitrogens with one attached hydrogen (secondary N) is 1. The molecule has 0 aliphatic rings. The maximum atomic E-state index is 12.5. The van der Waals surface area contributed by atoms with Crippen molar-refractivity contribution in [1.82, 2.24) is 10.2 Å². The monoisotopic (exact) mass is 292 g/mol. The van der Waals surface area contributed by atoms with Gasteiger partial charge in [-0.15, -0.1) is 0 Å². The Labute approximate surface area is 126 Å². The van der Waals surface area contributed by atoms with E-state index >= 15 is 0 Å². The summed E-state index contributed by atoms with van der Waals surface area (Å²) in [4.78, 5) is 26.0. The van der Waals surface area contributed by atoms with Crippen LogP contribution < -0.4 is 5.32 Å². The van der Waals surface area contributed by atoms with Crippen molar-refractivity contribution < 1.29 is 14.3 Å². The lowest BCUT2D eigenvalue weighted by Crippen LogP contribution is -2.44. The molecular weight excluding hydrogens is 268 g/mol. The lowest BCUT2D eigenvalue weighted by atomic mass is 10.0. The summed E-state index contributed by atoms with van der Waals surface area (Å²) in [6.45, 7) is 3.10. The number of amides is 1. The number of carbonyl (C=O) groups excluding carboxylic acids is 2. The van der Waals surface area contributed by atoms with Gasteiger partial charge in [-0.05, 0) is 13.5 Å². The molecule has 0 aliphatic heterocycles. The minimum Gasteiger partial charge on any atom is -0.383 e. The number of rotatable bonds is 9. The van der Waals surface area contributed by atoms with Crippen LogP contribution in [0.4, 0.5) is 0 Å². The van der Waals surface area contributed by atoms with E-state index in [2.05, 4.69) is 5.32 Å². The van der Waals surface area contributed by atoms with Crippen molar-refractivity contribution in [2.24, 2.45) is 0 Å². The Hall–Kier alpha value is -1.72. The predicted octanol–water partition coefficient (Wildman–Crippen LogP) is 1.34. The summed E-state index contributed by atoms with van der Waals surface area (Å²) in [5.41, 5.74) is 0.677. The van der Waals surface area contributed by atoms with Crippen molar-refractivity contribution >= 4 is 11.7 Å². The van der Waals surface area contributed by atoms with E-state index in [1.54, 1.807) is 31.2 Å². The Bertz CT molecular complexity index is 448. The van der Waals surface area contributed by atoms with Crippen molar-refractivity contribution in [1.29, 1.82) is 0 Å². The molecule has 21 heavy (non-hydrogen) atoms. The Balaban J connectivity index is 2.58. The van der Waals surface area contributed by atoms with Crippen molar-refractivity contribution in [3.05, 3.63) is 35.9 Å². The molecule has 1 rings (SSSR count). The molecular formula is C16H24N2O3. The Morgan fingerprint density at radius 2 is 1.95 bits per heavy atom. The Morgan fingerprint density at radius 1 is 1.29 bits per heavy atom. The van der Waals surface area contributed by atoms with Crippen LogP contribution in [0, 0.1) is 0 Å². The largest absolute Gasteiger partial charge is 0.383 e. The van der Waals surface area contributed by atoms with Gasteiger partial charge >= 0.3 is 0 Å². The molecule has 1 amide bonds. The van der Waals surface area contributed by atoms with Gasteiger partial charge in [0.05, 0.1) is 19.2 Å². The molecule has 1 atom stereocenters. The van der Waals surface area contributed by atoms with Crippen LogP contribution in [0.25, 0.3) is 0 Å². The molecule has 0 bridgehead atoms. The van der Waals surface area contributed by atoms with Crippen LogP contribution in [-0.4, -0.2) is 56.5 Å². The van der Waals surface area contributed by atoms with Gasteiger partial charge in [0.25, 0.3) is 0 Å². The minimum atomic E-state index is -0.291. The molecule has 0 spiro atoms. The minimum absolute atomic E-state index is 0.0466. The van der Waals surface area contributed by atoms with E-state index in [0.717, 1.165) is 0 Å². The van der Waals surface area contributed by atoms with Gasteiger partial charge < -0.3 is 10.1 Å². The van der Waals surface area contributed by atoms with Crippen LogP contribution in [0.3, 0.4) is 0 Å². The first-order valence-electron chi connectivity index (χ1n) is 7.15. The number of Topliss-reactive ketones (excluding diaryl/α,β-unsaturated/α-hetero) is 1. The average molecular weight is 292 g/mol. The molecule has 5 nitrogen and oxygen atoms in total. The van der Waals surface area contributed by atoms with Gasteiger partial charge in [-0.25, -0.2) is 0 Å². The van der Waals surface area contributed by atoms with E-state index in [4.69, 9.17) is 4.74 Å². The first kappa shape index (κ1) is 17.3. The fourth-order valence-corrected chi connectivity index (χ4v) is 2.18. The number of hydrogen-bond acceptors (Lipinski definition) is 4. The molecule has 0 radical (unpaired) electrons. The zero-order valence-corrected chi connectivity index (χ0v) is 13.0. The quantitative estimate of drug-likeness (QED) is 0.551. The molecule has 0 saturated heterocycles. The van der Waals surface area contributed by atoms with Crippen LogP contribution >= 0.6 is 0 Å². The maximum absolute atomic E-state index is 12.5. The highest BCUT2D eigenvalue weighted by Crippen LogP contribution is 2.10. The Morgan fingerprint density at radius 3 is 2.52 bits per heavy atom. The third-order valence-electron chi connectivity index (χ3n) is 3.30. The highest BCUT2D eigenvalue weighted by molar-refractivity contribution is 6.00. The fourth-order valence-electron chi connectivity index (χ4n) is 2.18. The second-order valence-corrected chi connectivity index (χ2v) is 4.91. The first-order valence-corrected chi connectivity index (χ1v) is 7.15. The molecule has 1 aromatic rings. The number of nitrogens with zero attached hydrogens (tertiary/aromatic N) is 1. The van der Waals surface area contributed by atoms with Gasteiger partial charge in [-0.2, -0.15) is 0 Å². The molecule has 0 aromatic heterocycles. The van der Waals surface area contributed by atoms with E-state index in [0.29, 0.717) is 25.1 Å². The number of carbonyl (C=O) groups is 2. The molecule has 116 valence electrons. The van der Waals surface area contributed by atoms with Crippen molar-refractivity contribution in [2.75, 3.05) is 33.9 Å². The van der Waals surface area contributed by atoms with Crippen LogP contribution in [0.5, 0.6) is 0 Å². The number of likely N-dealkylation sites (N-methyl/N-ethyl adjacent to an activating group) is 1. The second-order valence-electron chi connectivity index (χ2n) is 4.91. The van der Waals surface area contributed by atoms with Gasteiger partial charge in [0.1, 0.15) is 0 Å². The smallest absolute Gasteiger partial charge is 0.234 e. The number of hydrogen-bond donors (Lipinski definition) is 1. The van der Waals surface area contributed by atoms with Gasteiger partial charge in [0.15, 0.2) is 5.78 Å². The van der Waals surface area contributed by atoms with E-state index in [9.17, 15) is 9.59 Å². The SMILES string of the molecule is CCC(C(=O)c1ccccc1)N(C)CC(=O)NCCOC. The molecule has 0 fully saturated rings. The highest BCUT2D eigenvalue weighted by atomic mass is 16.5. The third kappa shape index (κ3) is 5.65. The first-order chi connectivity index (χ1) is 10.1. The summed E-state index contributed by atoms with van der Waals surface area (Å²) in [5.74, 6) is -0.0563. The summed E-state index contributed by atoms with van der Waals surface area (Å²) in [6, 6.07) is 8.88. The molecule has 0 aliphatic carbocycles. The lowest BCUT2D eigenvalue weighted by Gasteiger charge is -2.25. The van der Waals surface area contributed by atoms with E-state index in [1.807, 2.05) is 25.1 Å². The van der Waals surface area contributed by atoms with E-state index in [1.165, 1.54) is 0 Å². The van der Waals surface area contributed by atoms with Crippen molar-refractivity contribution in [2.45, 2.75) is 19.4 Å². The van der Waals surface area contributed by atoms with Gasteiger partial charge in [-0.3, -0.25) is 14.5 Å². The van der Waals surface area contributed by atoms with Crippen LogP contribution in [0.2, 0.25) is 0 Å². The zero-order chi connectivity index (χ0) is 15.7. The molecule has 1 unspecified atom stereocenters. The molecule has 0 saturated carbocycles. The number of methoxy groups -OCH3 is 1. The standard InChI is InChI=1S/C16H24N2O3/c1-4-14(16(20)13-8-6-5-7-9-13)18(2)12-15(19)17-10-11-21-3/h5-9,14H,4,10-12H2,1-3H3,(H,17,19). The second kappa shape index (κ2) is 9.26. The lowest BCUT2D eigenvalue weighted by molar-refractivity contribution is -0.122. The molecule has 5 heteroatoms. The summed E-state index contributed by atoms with van der Waals surface area (Å²) < 4.78 is 4.88. The fraction of sp³-hybridized carbons (Fsp3) is 0.500. The van der Waals surface area contributed by atoms with Gasteiger partial charge in [-0.1, -0.05) is 37.3 Å². The summed E-state index contributed by atoms with van der Waals surface area (Å²) in [7, 11) is 3.38. The molecule has 0 heterocycles. The summed E-state index contributed by atoms with van der Waals surface area (Å²) in [6.07, 6.45) is 0.662. The number of benzene rings is 1. The molecule has 1 aromatic carbocycles. The zero-order valence-electron chi connectivity index (χ0n) is 13.0. The predicted molar refractivity (Wildman–Crippen MR) is 82.4 cm³/mol. The van der Waals surface area contributed by atoms with Gasteiger partial charge in [0, 0.05) is 19.2 Å². The van der Waals surface area contributed by atoms with Crippen molar-refractivity contribution in [3.63, 3.8) is 0 Å². The maximum Gasteiger partial charge on any atom is 0.234 e. The molecule has 1 N–H and O–H groups in total. The highest BCUT2D eigenvalue weighted by Gasteiger charge is 2.23. The van der Waals surface area contributed by atoms with E-state index in [-0.39, 0.29) is 24.3 Å². The van der Waals surface area contributed by atoms with Gasteiger partial charge in [0.2, 0.25) is 5.91 Å². The average Bonchev–Trinajstić information content (AvgIpc) is 2.49. The summed E-state index contributed by atoms with van der Waals surface area (Å²) >= 11 is 0. The third-order valence-corrected chi connectivity index (χ3v) is 3.30. The van der Waals surface area contributed by atoms with Crippen LogP contribution in [0.1, 0.15) is 23.7 Å². The topological polar surface area (TPSA) is 58.6 Å². The number of ketones is 1. The number of ether oxygens (including phenoxy) is 1. The van der Waals surface area contributed by atoms with E-state index < -0.39 is 0 Å². The summed E-state index contributed by atoms with van der Waals surface area (Å²) in [5, 5.41) is 2.76. The van der Waals surface area contributed by atoms with Crippen LogP contribution in [0.15, 0.2) is 30.3 Å². The van der Waals surface area contributed by atoms with Crippen LogP contribution in [-0.2, 0) is 9.53 Å². The van der Waals surface area contributed by atoms with Crippen molar-refractivity contribution in [3.8, 4) is 0 Å². The normalized spacial score (nSPS) is 12.2.